The van der Waals surface area contributed by atoms with Gasteiger partial charge in [-0.05, 0) is 49.1 Å². The molecule has 166 valence electrons. The van der Waals surface area contributed by atoms with Gasteiger partial charge in [0.25, 0.3) is 5.91 Å². The van der Waals surface area contributed by atoms with Gasteiger partial charge in [-0.25, -0.2) is 0 Å². The Bertz CT molecular complexity index is 1060. The molecule has 2 atom stereocenters. The zero-order valence-electron chi connectivity index (χ0n) is 18.1. The zero-order valence-corrected chi connectivity index (χ0v) is 18.9. The quantitative estimate of drug-likeness (QED) is 0.462. The monoisotopic (exact) mass is 445 g/mol. The normalized spacial score (nSPS) is 20.3. The molecular formula is C22H27N3O5S. The molecule has 0 saturated heterocycles. The number of nitrogens with one attached hydrogen (secondary N) is 2. The van der Waals surface area contributed by atoms with Gasteiger partial charge in [0.15, 0.2) is 5.75 Å². The molecule has 1 aliphatic carbocycles. The fourth-order valence-electron chi connectivity index (χ4n) is 4.39. The predicted molar refractivity (Wildman–Crippen MR) is 119 cm³/mol. The van der Waals surface area contributed by atoms with Gasteiger partial charge in [-0.3, -0.25) is 14.9 Å². The Hall–Kier alpha value is -2.81. The topological polar surface area (TPSA) is 114 Å². The summed E-state index contributed by atoms with van der Waals surface area (Å²) in [5.74, 6) is -0.114. The summed E-state index contributed by atoms with van der Waals surface area (Å²) in [5.41, 5.74) is 2.02. The molecule has 0 radical (unpaired) electrons. The minimum Gasteiger partial charge on any atom is -0.500 e. The molecule has 0 saturated carbocycles. The van der Waals surface area contributed by atoms with Crippen LogP contribution in [0.1, 0.15) is 66.6 Å². The number of nitro benzene ring substituents is 1. The predicted octanol–water partition coefficient (Wildman–Crippen LogP) is 4.77. The number of amides is 1. The van der Waals surface area contributed by atoms with Crippen molar-refractivity contribution >= 4 is 27.9 Å². The Morgan fingerprint density at radius 2 is 2.06 bits per heavy atom. The van der Waals surface area contributed by atoms with E-state index in [9.17, 15) is 20.0 Å². The van der Waals surface area contributed by atoms with Crippen molar-refractivity contribution in [1.29, 1.82) is 0 Å². The SMILES string of the molecule is CCOc1cc(C2NC(=O)c3c(sc4c3CCC(C(C)(C)C)C4)N2)cc([N+](=O)[O-])c1O. The number of benzene rings is 1. The molecule has 31 heavy (non-hydrogen) atoms. The number of carbonyl (C=O) groups excluding carboxylic acids is 1. The molecule has 2 unspecified atom stereocenters. The maximum atomic E-state index is 13.0. The second-order valence-corrected chi connectivity index (χ2v) is 10.2. The van der Waals surface area contributed by atoms with Crippen LogP contribution in [0.15, 0.2) is 12.1 Å². The maximum absolute atomic E-state index is 13.0. The standard InChI is InChI=1S/C22H27N3O5S/c1-5-30-15-9-11(8-14(18(15)26)25(28)29)19-23-20(27)17-13-7-6-12(22(2,3)4)10-16(13)31-21(17)24-19/h8-9,12,19,24,26H,5-7,10H2,1-4H3,(H,23,27). The number of thiophene rings is 1. The van der Waals surface area contributed by atoms with Crippen LogP contribution >= 0.6 is 11.3 Å². The van der Waals surface area contributed by atoms with Crippen LogP contribution in [0.4, 0.5) is 10.7 Å². The number of phenolic OH excluding ortho intramolecular Hbond substituents is 1. The van der Waals surface area contributed by atoms with Gasteiger partial charge >= 0.3 is 5.69 Å². The number of ether oxygens (including phenoxy) is 1. The van der Waals surface area contributed by atoms with E-state index in [0.717, 1.165) is 29.8 Å². The summed E-state index contributed by atoms with van der Waals surface area (Å²) in [6.07, 6.45) is 2.23. The van der Waals surface area contributed by atoms with Gasteiger partial charge in [-0.15, -0.1) is 11.3 Å². The Morgan fingerprint density at radius 3 is 2.71 bits per heavy atom. The molecule has 2 heterocycles. The molecule has 9 heteroatoms. The van der Waals surface area contributed by atoms with Crippen LogP contribution in [0.5, 0.6) is 11.5 Å². The lowest BCUT2D eigenvalue weighted by Crippen LogP contribution is -2.38. The van der Waals surface area contributed by atoms with Crippen LogP contribution in [0.25, 0.3) is 0 Å². The summed E-state index contributed by atoms with van der Waals surface area (Å²) >= 11 is 1.60. The molecule has 2 aromatic rings. The summed E-state index contributed by atoms with van der Waals surface area (Å²) in [6.45, 7) is 8.74. The van der Waals surface area contributed by atoms with Gasteiger partial charge in [0, 0.05) is 16.5 Å². The van der Waals surface area contributed by atoms with Crippen LogP contribution < -0.4 is 15.4 Å². The van der Waals surface area contributed by atoms with E-state index in [0.29, 0.717) is 17.0 Å². The van der Waals surface area contributed by atoms with Gasteiger partial charge in [-0.2, -0.15) is 0 Å². The van der Waals surface area contributed by atoms with E-state index in [2.05, 4.69) is 31.4 Å². The van der Waals surface area contributed by atoms with Crippen molar-refractivity contribution in [3.05, 3.63) is 43.8 Å². The summed E-state index contributed by atoms with van der Waals surface area (Å²) in [5, 5.41) is 28.6. The van der Waals surface area contributed by atoms with E-state index in [1.54, 1.807) is 18.3 Å². The third-order valence-electron chi connectivity index (χ3n) is 6.17. The lowest BCUT2D eigenvalue weighted by atomic mass is 9.72. The number of nitro groups is 1. The summed E-state index contributed by atoms with van der Waals surface area (Å²) in [6, 6.07) is 2.79. The first-order valence-electron chi connectivity index (χ1n) is 10.5. The van der Waals surface area contributed by atoms with E-state index in [1.807, 2.05) is 0 Å². The number of rotatable bonds is 4. The van der Waals surface area contributed by atoms with Crippen molar-refractivity contribution in [2.45, 2.75) is 53.1 Å². The highest BCUT2D eigenvalue weighted by Gasteiger charge is 2.37. The van der Waals surface area contributed by atoms with Crippen LogP contribution in [-0.4, -0.2) is 22.5 Å². The van der Waals surface area contributed by atoms with Crippen LogP contribution in [0.2, 0.25) is 0 Å². The minimum atomic E-state index is -0.659. The summed E-state index contributed by atoms with van der Waals surface area (Å²) in [7, 11) is 0. The summed E-state index contributed by atoms with van der Waals surface area (Å²) < 4.78 is 5.37. The number of phenols is 1. The molecule has 0 bridgehead atoms. The Labute approximate surface area is 184 Å². The van der Waals surface area contributed by atoms with Crippen LogP contribution in [-0.2, 0) is 12.8 Å². The van der Waals surface area contributed by atoms with E-state index in [4.69, 9.17) is 4.74 Å². The zero-order chi connectivity index (χ0) is 22.5. The molecular weight excluding hydrogens is 418 g/mol. The minimum absolute atomic E-state index is 0.0204. The van der Waals surface area contributed by atoms with E-state index in [1.165, 1.54) is 17.0 Å². The lowest BCUT2D eigenvalue weighted by Gasteiger charge is -2.34. The fourth-order valence-corrected chi connectivity index (χ4v) is 5.74. The molecule has 1 aliphatic heterocycles. The molecule has 2 aliphatic rings. The first-order chi connectivity index (χ1) is 14.6. The van der Waals surface area contributed by atoms with Crippen LogP contribution in [0, 0.1) is 21.4 Å². The third kappa shape index (κ3) is 3.82. The fraction of sp³-hybridized carbons (Fsp3) is 0.500. The number of hydrogen-bond donors (Lipinski definition) is 3. The molecule has 0 spiro atoms. The smallest absolute Gasteiger partial charge is 0.315 e. The number of hydrogen-bond acceptors (Lipinski definition) is 7. The van der Waals surface area contributed by atoms with Crippen molar-refractivity contribution in [3.63, 3.8) is 0 Å². The number of carbonyl (C=O) groups is 1. The molecule has 1 aromatic carbocycles. The summed E-state index contributed by atoms with van der Waals surface area (Å²) in [4.78, 5) is 25.0. The molecule has 3 N–H and O–H groups in total. The molecule has 8 nitrogen and oxygen atoms in total. The van der Waals surface area contributed by atoms with E-state index >= 15 is 0 Å². The maximum Gasteiger partial charge on any atom is 0.315 e. The van der Waals surface area contributed by atoms with Gasteiger partial charge in [0.2, 0.25) is 5.75 Å². The van der Waals surface area contributed by atoms with Crippen molar-refractivity contribution in [1.82, 2.24) is 5.32 Å². The number of aromatic hydroxyl groups is 1. The van der Waals surface area contributed by atoms with E-state index in [-0.39, 0.29) is 23.7 Å². The Morgan fingerprint density at radius 1 is 1.32 bits per heavy atom. The Kier molecular flexibility index (Phi) is 5.33. The number of nitrogens with zero attached hydrogens (tertiary/aromatic N) is 1. The van der Waals surface area contributed by atoms with Crippen molar-refractivity contribution in [2.75, 3.05) is 11.9 Å². The highest BCUT2D eigenvalue weighted by molar-refractivity contribution is 7.16. The van der Waals surface area contributed by atoms with Gasteiger partial charge in [-0.1, -0.05) is 20.8 Å². The average Bonchev–Trinajstić information content (AvgIpc) is 3.06. The first-order valence-corrected chi connectivity index (χ1v) is 11.3. The highest BCUT2D eigenvalue weighted by atomic mass is 32.1. The second kappa shape index (κ2) is 7.71. The van der Waals surface area contributed by atoms with E-state index < -0.39 is 22.5 Å². The average molecular weight is 446 g/mol. The highest BCUT2D eigenvalue weighted by Crippen LogP contribution is 2.47. The second-order valence-electron chi connectivity index (χ2n) is 9.14. The van der Waals surface area contributed by atoms with Crippen molar-refractivity contribution in [3.8, 4) is 11.5 Å². The molecule has 1 amide bonds. The molecule has 0 fully saturated rings. The van der Waals surface area contributed by atoms with Gasteiger partial charge in [0.1, 0.15) is 11.2 Å². The lowest BCUT2D eigenvalue weighted by molar-refractivity contribution is -0.386. The van der Waals surface area contributed by atoms with Crippen molar-refractivity contribution in [2.24, 2.45) is 11.3 Å². The molecule has 1 aromatic heterocycles. The van der Waals surface area contributed by atoms with Crippen molar-refractivity contribution < 1.29 is 19.6 Å². The molecule has 4 rings (SSSR count). The number of fused-ring (bicyclic) bond motifs is 3. The van der Waals surface area contributed by atoms with Gasteiger partial charge in [0.05, 0.1) is 17.1 Å². The third-order valence-corrected chi connectivity index (χ3v) is 7.36. The van der Waals surface area contributed by atoms with Crippen LogP contribution in [0.3, 0.4) is 0 Å². The Balaban J connectivity index is 1.69. The number of anilines is 1. The largest absolute Gasteiger partial charge is 0.500 e. The first kappa shape index (κ1) is 21.4. The van der Waals surface area contributed by atoms with Gasteiger partial charge < -0.3 is 20.5 Å².